The van der Waals surface area contributed by atoms with Crippen LogP contribution in [0.15, 0.2) is 0 Å². The Morgan fingerprint density at radius 3 is 2.53 bits per heavy atom. The van der Waals surface area contributed by atoms with E-state index in [1.807, 2.05) is 13.8 Å². The van der Waals surface area contributed by atoms with Gasteiger partial charge in [0.2, 0.25) is 0 Å². The van der Waals surface area contributed by atoms with Gasteiger partial charge < -0.3 is 16.2 Å². The normalized spacial score (nSPS) is 20.9. The summed E-state index contributed by atoms with van der Waals surface area (Å²) in [7, 11) is 0. The molecule has 0 aliphatic heterocycles. The van der Waals surface area contributed by atoms with Crippen LogP contribution in [0.2, 0.25) is 0 Å². The smallest absolute Gasteiger partial charge is 0.250 e. The van der Waals surface area contributed by atoms with Gasteiger partial charge in [-0.05, 0) is 31.6 Å². The summed E-state index contributed by atoms with van der Waals surface area (Å²) in [6.07, 6.45) is 2.82. The van der Waals surface area contributed by atoms with Gasteiger partial charge in [-0.2, -0.15) is 0 Å². The molecule has 4 N–H and O–H groups in total. The Morgan fingerprint density at radius 1 is 1.53 bits per heavy atom. The molecule has 2 atom stereocenters. The molecule has 1 fully saturated rings. The Balaban J connectivity index is 2.30. The zero-order chi connectivity index (χ0) is 11.4. The Morgan fingerprint density at radius 2 is 2.13 bits per heavy atom. The third kappa shape index (κ3) is 3.80. The monoisotopic (exact) mass is 214 g/mol. The van der Waals surface area contributed by atoms with Crippen LogP contribution < -0.4 is 11.1 Å². The summed E-state index contributed by atoms with van der Waals surface area (Å²) in [5, 5.41) is 12.5. The van der Waals surface area contributed by atoms with Crippen molar-refractivity contribution in [3.8, 4) is 0 Å². The van der Waals surface area contributed by atoms with E-state index >= 15 is 0 Å². The van der Waals surface area contributed by atoms with Crippen molar-refractivity contribution < 1.29 is 9.90 Å². The van der Waals surface area contributed by atoms with Crippen molar-refractivity contribution in [3.05, 3.63) is 0 Å². The molecule has 0 aromatic rings. The van der Waals surface area contributed by atoms with Crippen LogP contribution in [0.1, 0.15) is 39.5 Å². The number of carbonyl (C=O) groups excluding carboxylic acids is 1. The number of amides is 1. The number of nitrogens with one attached hydrogen (secondary N) is 1. The standard InChI is InChI=1S/C11H22N2O2/c1-7(2)6-9(12)10(14)11(15)13-8-4-3-5-8/h7-10,14H,3-6,12H2,1-2H3,(H,13,15)/t9-,10?/m0/s1. The number of rotatable bonds is 5. The summed E-state index contributed by atoms with van der Waals surface area (Å²) in [6, 6.07) is -0.191. The average molecular weight is 214 g/mol. The first-order chi connectivity index (χ1) is 7.00. The topological polar surface area (TPSA) is 75.3 Å². The van der Waals surface area contributed by atoms with E-state index in [2.05, 4.69) is 5.32 Å². The van der Waals surface area contributed by atoms with Crippen LogP contribution in [0, 0.1) is 5.92 Å². The second-order valence-electron chi connectivity index (χ2n) is 4.87. The molecular weight excluding hydrogens is 192 g/mol. The fourth-order valence-corrected chi connectivity index (χ4v) is 1.71. The number of nitrogens with two attached hydrogens (primary N) is 1. The molecule has 0 aromatic heterocycles. The van der Waals surface area contributed by atoms with Crippen LogP contribution >= 0.6 is 0 Å². The summed E-state index contributed by atoms with van der Waals surface area (Å²) in [6.45, 7) is 4.05. The van der Waals surface area contributed by atoms with Gasteiger partial charge in [-0.3, -0.25) is 4.79 Å². The second-order valence-corrected chi connectivity index (χ2v) is 4.87. The van der Waals surface area contributed by atoms with E-state index in [0.717, 1.165) is 12.8 Å². The maximum Gasteiger partial charge on any atom is 0.250 e. The van der Waals surface area contributed by atoms with Crippen molar-refractivity contribution in [1.82, 2.24) is 5.32 Å². The molecule has 15 heavy (non-hydrogen) atoms. The van der Waals surface area contributed by atoms with Gasteiger partial charge in [0, 0.05) is 12.1 Å². The summed E-state index contributed by atoms with van der Waals surface area (Å²) in [4.78, 5) is 11.5. The predicted octanol–water partition coefficient (Wildman–Crippen LogP) is 0.389. The first-order valence-corrected chi connectivity index (χ1v) is 5.74. The average Bonchev–Trinajstić information content (AvgIpc) is 2.08. The van der Waals surface area contributed by atoms with Crippen LogP contribution in [0.4, 0.5) is 0 Å². The molecule has 0 aromatic carbocycles. The predicted molar refractivity (Wildman–Crippen MR) is 59.2 cm³/mol. The summed E-state index contributed by atoms with van der Waals surface area (Å²) >= 11 is 0. The lowest BCUT2D eigenvalue weighted by molar-refractivity contribution is -0.131. The fourth-order valence-electron chi connectivity index (χ4n) is 1.71. The summed E-state index contributed by atoms with van der Waals surface area (Å²) in [5.41, 5.74) is 5.74. The molecule has 0 heterocycles. The largest absolute Gasteiger partial charge is 0.382 e. The van der Waals surface area contributed by atoms with Crippen molar-refractivity contribution in [2.75, 3.05) is 0 Å². The number of aliphatic hydroxyl groups excluding tert-OH is 1. The molecule has 4 heteroatoms. The summed E-state index contributed by atoms with van der Waals surface area (Å²) < 4.78 is 0. The minimum Gasteiger partial charge on any atom is -0.382 e. The molecule has 1 aliphatic rings. The molecule has 1 aliphatic carbocycles. The Bertz CT molecular complexity index is 215. The highest BCUT2D eigenvalue weighted by Crippen LogP contribution is 2.18. The van der Waals surface area contributed by atoms with Gasteiger partial charge in [-0.25, -0.2) is 0 Å². The Hall–Kier alpha value is -0.610. The lowest BCUT2D eigenvalue weighted by Gasteiger charge is -2.29. The van der Waals surface area contributed by atoms with Gasteiger partial charge in [0.1, 0.15) is 6.10 Å². The molecular formula is C11H22N2O2. The van der Waals surface area contributed by atoms with Crippen molar-refractivity contribution >= 4 is 5.91 Å². The van der Waals surface area contributed by atoms with Gasteiger partial charge >= 0.3 is 0 Å². The first kappa shape index (κ1) is 12.5. The van der Waals surface area contributed by atoms with Crippen molar-refractivity contribution in [2.24, 2.45) is 11.7 Å². The minimum atomic E-state index is -1.06. The zero-order valence-corrected chi connectivity index (χ0v) is 9.57. The number of hydrogen-bond acceptors (Lipinski definition) is 3. The van der Waals surface area contributed by atoms with E-state index in [0.29, 0.717) is 12.3 Å². The van der Waals surface area contributed by atoms with Gasteiger partial charge in [0.15, 0.2) is 0 Å². The zero-order valence-electron chi connectivity index (χ0n) is 9.57. The van der Waals surface area contributed by atoms with Crippen LogP contribution in [0.25, 0.3) is 0 Å². The number of hydrogen-bond donors (Lipinski definition) is 3. The molecule has 1 saturated carbocycles. The maximum atomic E-state index is 11.5. The van der Waals surface area contributed by atoms with Gasteiger partial charge in [0.05, 0.1) is 0 Å². The first-order valence-electron chi connectivity index (χ1n) is 5.74. The highest BCUT2D eigenvalue weighted by atomic mass is 16.3. The Kier molecular flexibility index (Phi) is 4.54. The fraction of sp³-hybridized carbons (Fsp3) is 0.909. The highest BCUT2D eigenvalue weighted by molar-refractivity contribution is 5.81. The number of carbonyl (C=O) groups is 1. The Labute approximate surface area is 91.2 Å². The van der Waals surface area contributed by atoms with Crippen molar-refractivity contribution in [1.29, 1.82) is 0 Å². The molecule has 1 rings (SSSR count). The SMILES string of the molecule is CC(C)C[C@H](N)C(O)C(=O)NC1CCC1. The second kappa shape index (κ2) is 5.47. The van der Waals surface area contributed by atoms with Crippen LogP contribution in [-0.2, 0) is 4.79 Å². The third-order valence-electron chi connectivity index (χ3n) is 2.87. The summed E-state index contributed by atoms with van der Waals surface area (Å²) in [5.74, 6) is 0.0824. The molecule has 88 valence electrons. The molecule has 1 amide bonds. The van der Waals surface area contributed by atoms with Crippen LogP contribution in [0.3, 0.4) is 0 Å². The van der Waals surface area contributed by atoms with Gasteiger partial charge in [0.25, 0.3) is 5.91 Å². The quantitative estimate of drug-likeness (QED) is 0.619. The minimum absolute atomic E-state index is 0.262. The van der Waals surface area contributed by atoms with Gasteiger partial charge in [-0.1, -0.05) is 13.8 Å². The van der Waals surface area contributed by atoms with E-state index in [-0.39, 0.29) is 11.9 Å². The van der Waals surface area contributed by atoms with E-state index in [4.69, 9.17) is 5.73 Å². The highest BCUT2D eigenvalue weighted by Gasteiger charge is 2.27. The lowest BCUT2D eigenvalue weighted by Crippen LogP contribution is -2.51. The van der Waals surface area contributed by atoms with Crippen molar-refractivity contribution in [3.63, 3.8) is 0 Å². The van der Waals surface area contributed by atoms with E-state index < -0.39 is 12.1 Å². The van der Waals surface area contributed by atoms with E-state index in [9.17, 15) is 9.90 Å². The molecule has 0 radical (unpaired) electrons. The van der Waals surface area contributed by atoms with E-state index in [1.54, 1.807) is 0 Å². The molecule has 1 unspecified atom stereocenters. The van der Waals surface area contributed by atoms with E-state index in [1.165, 1.54) is 6.42 Å². The molecule has 0 spiro atoms. The molecule has 4 nitrogen and oxygen atoms in total. The third-order valence-corrected chi connectivity index (χ3v) is 2.87. The lowest BCUT2D eigenvalue weighted by atomic mass is 9.92. The molecule has 0 bridgehead atoms. The number of aliphatic hydroxyl groups is 1. The van der Waals surface area contributed by atoms with Crippen LogP contribution in [-0.4, -0.2) is 29.2 Å². The maximum absolute atomic E-state index is 11.5. The van der Waals surface area contributed by atoms with Gasteiger partial charge in [-0.15, -0.1) is 0 Å². The molecule has 0 saturated heterocycles. The van der Waals surface area contributed by atoms with Crippen LogP contribution in [0.5, 0.6) is 0 Å². The van der Waals surface area contributed by atoms with Crippen molar-refractivity contribution in [2.45, 2.75) is 57.7 Å².